The maximum Gasteiger partial charge on any atom is 0.334 e. The van der Waals surface area contributed by atoms with Crippen LogP contribution in [0.3, 0.4) is 0 Å². The van der Waals surface area contributed by atoms with Gasteiger partial charge in [0.25, 0.3) is 0 Å². The van der Waals surface area contributed by atoms with Crippen LogP contribution in [-0.4, -0.2) is 117 Å². The summed E-state index contributed by atoms with van der Waals surface area (Å²) in [4.78, 5) is 19.0. The quantitative estimate of drug-likeness (QED) is 0.274. The van der Waals surface area contributed by atoms with Crippen LogP contribution in [0.2, 0.25) is 0 Å². The van der Waals surface area contributed by atoms with Crippen molar-refractivity contribution in [3.63, 3.8) is 0 Å². The minimum absolute atomic E-state index is 0. The third kappa shape index (κ3) is 21.7. The first-order valence-corrected chi connectivity index (χ1v) is 3.40. The zero-order valence-corrected chi connectivity index (χ0v) is 11.0. The van der Waals surface area contributed by atoms with Crippen LogP contribution in [0.15, 0.2) is 0 Å². The Bertz CT molecular complexity index is 166. The Balaban J connectivity index is -0.0000000480. The molecular formula is C6H16CaO10. The zero-order chi connectivity index (χ0) is 11.7. The van der Waals surface area contributed by atoms with E-state index in [1.807, 2.05) is 0 Å². The molecule has 0 rings (SSSR count). The minimum atomic E-state index is -1.63. The van der Waals surface area contributed by atoms with E-state index in [0.29, 0.717) is 0 Å². The van der Waals surface area contributed by atoms with Crippen LogP contribution in [0.5, 0.6) is 0 Å². The van der Waals surface area contributed by atoms with Crippen LogP contribution in [0.25, 0.3) is 0 Å². The number of carbonyl (C=O) groups is 2. The van der Waals surface area contributed by atoms with E-state index < -0.39 is 37.4 Å². The van der Waals surface area contributed by atoms with Gasteiger partial charge in [0.15, 0.2) is 12.2 Å². The van der Waals surface area contributed by atoms with Gasteiger partial charge in [0.1, 0.15) is 0 Å². The number of rotatable bonds is 4. The molecular weight excluding hydrogens is 272 g/mol. The van der Waals surface area contributed by atoms with Crippen LogP contribution in [0.4, 0.5) is 0 Å². The molecule has 0 aliphatic carbocycles. The van der Waals surface area contributed by atoms with E-state index in [4.69, 9.17) is 30.6 Å². The molecule has 0 bridgehead atoms. The van der Waals surface area contributed by atoms with Gasteiger partial charge in [-0.15, -0.1) is 0 Å². The second-order valence-electron chi connectivity index (χ2n) is 2.07. The number of aliphatic hydroxyl groups excluding tert-OH is 4. The van der Waals surface area contributed by atoms with Crippen LogP contribution in [-0.2, 0) is 9.59 Å². The van der Waals surface area contributed by atoms with E-state index in [-0.39, 0.29) is 48.7 Å². The molecule has 11 heteroatoms. The smallest absolute Gasteiger partial charge is 0.334 e. The fourth-order valence-corrected chi connectivity index (χ4v) is 0.156. The molecule has 2 atom stereocenters. The molecule has 0 saturated carbocycles. The molecule has 0 aliphatic heterocycles. The average Bonchev–Trinajstić information content (AvgIpc) is 2.15. The van der Waals surface area contributed by atoms with Crippen molar-refractivity contribution >= 4 is 49.7 Å². The number of carboxylic acids is 2. The molecule has 0 heterocycles. The topological polar surface area (TPSA) is 219 Å². The SMILES string of the molecule is O.O.O=C(O)[C@H](O)CO.O=C(O)[C@H](O)CO.[Ca]. The predicted molar refractivity (Wildman–Crippen MR) is 54.4 cm³/mol. The number of aliphatic hydroxyl groups is 4. The first kappa shape index (κ1) is 30.2. The van der Waals surface area contributed by atoms with Gasteiger partial charge in [-0.3, -0.25) is 0 Å². The first-order chi connectivity index (χ1) is 6.36. The maximum absolute atomic E-state index is 9.52. The molecule has 0 aromatic rings. The molecule has 0 spiro atoms. The van der Waals surface area contributed by atoms with Crippen molar-refractivity contribution in [3.05, 3.63) is 0 Å². The van der Waals surface area contributed by atoms with Gasteiger partial charge in [-0.05, 0) is 0 Å². The van der Waals surface area contributed by atoms with E-state index in [1.165, 1.54) is 0 Å². The Labute approximate surface area is 126 Å². The van der Waals surface area contributed by atoms with Crippen molar-refractivity contribution in [3.8, 4) is 0 Å². The van der Waals surface area contributed by atoms with Crippen molar-refractivity contribution in [2.24, 2.45) is 0 Å². The number of hydrogen-bond donors (Lipinski definition) is 6. The second-order valence-corrected chi connectivity index (χ2v) is 2.07. The summed E-state index contributed by atoms with van der Waals surface area (Å²) < 4.78 is 0. The van der Waals surface area contributed by atoms with E-state index in [0.717, 1.165) is 0 Å². The van der Waals surface area contributed by atoms with Gasteiger partial charge >= 0.3 is 11.9 Å². The van der Waals surface area contributed by atoms with Crippen molar-refractivity contribution < 1.29 is 51.2 Å². The summed E-state index contributed by atoms with van der Waals surface area (Å²) in [7, 11) is 0. The summed E-state index contributed by atoms with van der Waals surface area (Å²) >= 11 is 0. The largest absolute Gasteiger partial charge is 0.479 e. The van der Waals surface area contributed by atoms with E-state index in [1.54, 1.807) is 0 Å². The third-order valence-corrected chi connectivity index (χ3v) is 0.916. The van der Waals surface area contributed by atoms with Crippen LogP contribution in [0.1, 0.15) is 0 Å². The van der Waals surface area contributed by atoms with Gasteiger partial charge in [0.2, 0.25) is 0 Å². The summed E-state index contributed by atoms with van der Waals surface area (Å²) in [6.45, 7) is -1.45. The van der Waals surface area contributed by atoms with Gasteiger partial charge in [-0.1, -0.05) is 0 Å². The van der Waals surface area contributed by atoms with Crippen molar-refractivity contribution in [1.29, 1.82) is 0 Å². The Hall–Kier alpha value is -0.0403. The van der Waals surface area contributed by atoms with Crippen LogP contribution >= 0.6 is 0 Å². The van der Waals surface area contributed by atoms with Gasteiger partial charge in [0, 0.05) is 37.7 Å². The Morgan fingerprint density at radius 3 is 1.00 bits per heavy atom. The fourth-order valence-electron chi connectivity index (χ4n) is 0.156. The van der Waals surface area contributed by atoms with Crippen LogP contribution < -0.4 is 0 Å². The van der Waals surface area contributed by atoms with Crippen molar-refractivity contribution in [2.45, 2.75) is 12.2 Å². The molecule has 17 heavy (non-hydrogen) atoms. The van der Waals surface area contributed by atoms with E-state index in [2.05, 4.69) is 0 Å². The molecule has 0 unspecified atom stereocenters. The standard InChI is InChI=1S/2C3H6O4.Ca.2H2O/c2*4-1-2(5)3(6)7;;;/h2*2,4-5H,1H2,(H,6,7);;2*1H2/t2*2-;;;/m11.../s1. The molecule has 2 radical (unpaired) electrons. The average molecular weight is 288 g/mol. The molecule has 10 N–H and O–H groups in total. The summed E-state index contributed by atoms with van der Waals surface area (Å²) in [5.41, 5.74) is 0. The number of aliphatic carboxylic acids is 2. The number of hydrogen-bond acceptors (Lipinski definition) is 6. The van der Waals surface area contributed by atoms with Gasteiger partial charge in [-0.2, -0.15) is 0 Å². The summed E-state index contributed by atoms with van der Waals surface area (Å²) in [6, 6.07) is 0. The van der Waals surface area contributed by atoms with Gasteiger partial charge in [-0.25, -0.2) is 9.59 Å². The molecule has 0 fully saturated rings. The molecule has 0 saturated heterocycles. The van der Waals surface area contributed by atoms with Gasteiger partial charge < -0.3 is 41.6 Å². The van der Waals surface area contributed by atoms with Crippen molar-refractivity contribution in [1.82, 2.24) is 0 Å². The Kier molecular flexibility index (Phi) is 32.6. The summed E-state index contributed by atoms with van der Waals surface area (Å²) in [5.74, 6) is -2.80. The third-order valence-electron chi connectivity index (χ3n) is 0.916. The zero-order valence-electron chi connectivity index (χ0n) is 8.78. The summed E-state index contributed by atoms with van der Waals surface area (Å²) in [5, 5.41) is 47.5. The Morgan fingerprint density at radius 2 is 1.00 bits per heavy atom. The van der Waals surface area contributed by atoms with Crippen molar-refractivity contribution in [2.75, 3.05) is 13.2 Å². The van der Waals surface area contributed by atoms with Gasteiger partial charge in [0.05, 0.1) is 13.2 Å². The number of carboxylic acid groups (broad SMARTS) is 2. The molecule has 102 valence electrons. The second kappa shape index (κ2) is 18.3. The van der Waals surface area contributed by atoms with Crippen LogP contribution in [0, 0.1) is 0 Å². The normalized spacial score (nSPS) is 11.1. The molecule has 0 aromatic heterocycles. The Morgan fingerprint density at radius 1 is 0.824 bits per heavy atom. The fraction of sp³-hybridized carbons (Fsp3) is 0.667. The minimum Gasteiger partial charge on any atom is -0.479 e. The van der Waals surface area contributed by atoms with E-state index >= 15 is 0 Å². The molecule has 0 amide bonds. The van der Waals surface area contributed by atoms with E-state index in [9.17, 15) is 9.59 Å². The predicted octanol–water partition coefficient (Wildman–Crippen LogP) is -5.18. The molecule has 10 nitrogen and oxygen atoms in total. The molecule has 0 aliphatic rings. The molecule has 0 aromatic carbocycles. The maximum atomic E-state index is 9.52. The monoisotopic (exact) mass is 288 g/mol. The first-order valence-electron chi connectivity index (χ1n) is 3.40. The summed E-state index contributed by atoms with van der Waals surface area (Å²) in [6.07, 6.45) is -3.25.